The van der Waals surface area contributed by atoms with Gasteiger partial charge in [0.1, 0.15) is 0 Å². The first-order valence-electron chi connectivity index (χ1n) is 7.56. The van der Waals surface area contributed by atoms with Crippen molar-refractivity contribution in [3.05, 3.63) is 63.6 Å². The van der Waals surface area contributed by atoms with Gasteiger partial charge in [0.05, 0.1) is 0 Å². The molecule has 3 nitrogen and oxygen atoms in total. The van der Waals surface area contributed by atoms with Gasteiger partial charge < -0.3 is 10.6 Å². The van der Waals surface area contributed by atoms with Crippen LogP contribution in [0.4, 0.5) is 5.69 Å². The van der Waals surface area contributed by atoms with Crippen LogP contribution >= 0.6 is 23.2 Å². The molecule has 2 aromatic rings. The summed E-state index contributed by atoms with van der Waals surface area (Å²) in [5.41, 5.74) is 2.90. The molecule has 0 unspecified atom stereocenters. The minimum atomic E-state index is -0.0276. The number of carbonyl (C=O) groups excluding carboxylic acids is 1. The Kier molecular flexibility index (Phi) is 6.90. The smallest absolute Gasteiger partial charge is 0.225 e. The fourth-order valence-electron chi connectivity index (χ4n) is 2.15. The van der Waals surface area contributed by atoms with E-state index in [-0.39, 0.29) is 5.91 Å². The van der Waals surface area contributed by atoms with E-state index in [0.717, 1.165) is 29.2 Å². The minimum Gasteiger partial charge on any atom is -0.326 e. The quantitative estimate of drug-likeness (QED) is 0.723. The molecule has 0 radical (unpaired) electrons. The van der Waals surface area contributed by atoms with Gasteiger partial charge in [-0.1, -0.05) is 41.4 Å². The van der Waals surface area contributed by atoms with Crippen molar-refractivity contribution >= 4 is 34.8 Å². The van der Waals surface area contributed by atoms with E-state index in [4.69, 9.17) is 23.2 Å². The van der Waals surface area contributed by atoms with E-state index in [1.54, 1.807) is 6.07 Å². The van der Waals surface area contributed by atoms with E-state index >= 15 is 0 Å². The van der Waals surface area contributed by atoms with Crippen LogP contribution in [0.15, 0.2) is 42.5 Å². The van der Waals surface area contributed by atoms with E-state index in [1.807, 2.05) is 43.3 Å². The van der Waals surface area contributed by atoms with Gasteiger partial charge in [-0.05, 0) is 55.3 Å². The lowest BCUT2D eigenvalue weighted by atomic mass is 10.1. The van der Waals surface area contributed by atoms with Crippen molar-refractivity contribution < 1.29 is 4.79 Å². The highest BCUT2D eigenvalue weighted by Crippen LogP contribution is 2.19. The molecule has 0 fully saturated rings. The van der Waals surface area contributed by atoms with E-state index in [0.29, 0.717) is 18.0 Å². The van der Waals surface area contributed by atoms with Crippen molar-refractivity contribution in [2.75, 3.05) is 18.4 Å². The van der Waals surface area contributed by atoms with Crippen LogP contribution in [0, 0.1) is 6.92 Å². The number of aryl methyl sites for hydroxylation is 1. The Morgan fingerprint density at radius 2 is 1.91 bits per heavy atom. The second kappa shape index (κ2) is 8.92. The number of hydrogen-bond acceptors (Lipinski definition) is 2. The standard InChI is InChI=1S/C18H20Cl2N2O/c1-13-5-6-16(12-17(13)20)22-18(23)8-10-21-9-7-14-3-2-4-15(19)11-14/h2-6,11-12,21H,7-10H2,1H3,(H,22,23). The molecule has 0 atom stereocenters. The number of anilines is 1. The van der Waals surface area contributed by atoms with Gasteiger partial charge in [-0.3, -0.25) is 4.79 Å². The molecule has 0 aliphatic carbocycles. The molecule has 2 N–H and O–H groups in total. The van der Waals surface area contributed by atoms with Crippen molar-refractivity contribution in [1.82, 2.24) is 5.32 Å². The third-order valence-electron chi connectivity index (χ3n) is 3.46. The molecule has 122 valence electrons. The first kappa shape index (κ1) is 17.8. The van der Waals surface area contributed by atoms with Gasteiger partial charge in [-0.15, -0.1) is 0 Å². The normalized spacial score (nSPS) is 10.6. The Morgan fingerprint density at radius 1 is 1.09 bits per heavy atom. The molecule has 0 saturated heterocycles. The number of carbonyl (C=O) groups is 1. The Hall–Kier alpha value is -1.55. The summed E-state index contributed by atoms with van der Waals surface area (Å²) in [7, 11) is 0. The lowest BCUT2D eigenvalue weighted by Gasteiger charge is -2.08. The Bertz CT molecular complexity index is 674. The van der Waals surface area contributed by atoms with Gasteiger partial charge in [0, 0.05) is 28.7 Å². The molecular weight excluding hydrogens is 331 g/mol. The lowest BCUT2D eigenvalue weighted by Crippen LogP contribution is -2.23. The molecule has 0 bridgehead atoms. The van der Waals surface area contributed by atoms with Gasteiger partial charge in [0.25, 0.3) is 0 Å². The SMILES string of the molecule is Cc1ccc(NC(=O)CCNCCc2cccc(Cl)c2)cc1Cl. The second-order valence-corrected chi connectivity index (χ2v) is 6.24. The fourth-order valence-corrected chi connectivity index (χ4v) is 2.54. The van der Waals surface area contributed by atoms with Gasteiger partial charge in [-0.2, -0.15) is 0 Å². The van der Waals surface area contributed by atoms with E-state index in [2.05, 4.69) is 10.6 Å². The van der Waals surface area contributed by atoms with Crippen molar-refractivity contribution in [2.24, 2.45) is 0 Å². The largest absolute Gasteiger partial charge is 0.326 e. The zero-order valence-electron chi connectivity index (χ0n) is 13.0. The summed E-state index contributed by atoms with van der Waals surface area (Å²) in [4.78, 5) is 11.9. The van der Waals surface area contributed by atoms with Gasteiger partial charge in [-0.25, -0.2) is 0 Å². The molecule has 0 aromatic heterocycles. The lowest BCUT2D eigenvalue weighted by molar-refractivity contribution is -0.116. The van der Waals surface area contributed by atoms with Crippen LogP contribution in [0.5, 0.6) is 0 Å². The number of halogens is 2. The Labute approximate surface area is 147 Å². The maximum Gasteiger partial charge on any atom is 0.225 e. The number of benzene rings is 2. The molecule has 0 saturated carbocycles. The summed E-state index contributed by atoms with van der Waals surface area (Å²) in [5.74, 6) is -0.0276. The van der Waals surface area contributed by atoms with Crippen LogP contribution in [0.3, 0.4) is 0 Å². The van der Waals surface area contributed by atoms with E-state index in [9.17, 15) is 4.79 Å². The third-order valence-corrected chi connectivity index (χ3v) is 4.11. The molecule has 0 aliphatic rings. The summed E-state index contributed by atoms with van der Waals surface area (Å²) in [6, 6.07) is 13.3. The molecule has 1 amide bonds. The highest BCUT2D eigenvalue weighted by molar-refractivity contribution is 6.31. The first-order chi connectivity index (χ1) is 11.0. The second-order valence-electron chi connectivity index (χ2n) is 5.39. The minimum absolute atomic E-state index is 0.0276. The van der Waals surface area contributed by atoms with Crippen LogP contribution in [-0.2, 0) is 11.2 Å². The van der Waals surface area contributed by atoms with Crippen LogP contribution in [0.25, 0.3) is 0 Å². The molecule has 0 aliphatic heterocycles. The molecule has 2 aromatic carbocycles. The molecule has 23 heavy (non-hydrogen) atoms. The molecular formula is C18H20Cl2N2O. The van der Waals surface area contributed by atoms with E-state index in [1.165, 1.54) is 5.56 Å². The van der Waals surface area contributed by atoms with Crippen LogP contribution < -0.4 is 10.6 Å². The van der Waals surface area contributed by atoms with Crippen molar-refractivity contribution in [2.45, 2.75) is 19.8 Å². The number of hydrogen-bond donors (Lipinski definition) is 2. The van der Waals surface area contributed by atoms with Crippen LogP contribution in [-0.4, -0.2) is 19.0 Å². The molecule has 2 rings (SSSR count). The van der Waals surface area contributed by atoms with E-state index < -0.39 is 0 Å². The maximum absolute atomic E-state index is 11.9. The predicted molar refractivity (Wildman–Crippen MR) is 97.5 cm³/mol. The van der Waals surface area contributed by atoms with Gasteiger partial charge >= 0.3 is 0 Å². The monoisotopic (exact) mass is 350 g/mol. The maximum atomic E-state index is 11.9. The van der Waals surface area contributed by atoms with Gasteiger partial charge in [0.15, 0.2) is 0 Å². The van der Waals surface area contributed by atoms with Crippen molar-refractivity contribution in [1.29, 1.82) is 0 Å². The zero-order chi connectivity index (χ0) is 16.7. The summed E-state index contributed by atoms with van der Waals surface area (Å²) >= 11 is 12.0. The number of amides is 1. The summed E-state index contributed by atoms with van der Waals surface area (Å²) in [6.45, 7) is 3.37. The number of rotatable bonds is 7. The molecule has 0 heterocycles. The van der Waals surface area contributed by atoms with Crippen LogP contribution in [0.2, 0.25) is 10.0 Å². The highest BCUT2D eigenvalue weighted by atomic mass is 35.5. The highest BCUT2D eigenvalue weighted by Gasteiger charge is 2.04. The first-order valence-corrected chi connectivity index (χ1v) is 8.31. The third kappa shape index (κ3) is 6.22. The Morgan fingerprint density at radius 3 is 2.65 bits per heavy atom. The zero-order valence-corrected chi connectivity index (χ0v) is 14.5. The van der Waals surface area contributed by atoms with Crippen LogP contribution in [0.1, 0.15) is 17.5 Å². The topological polar surface area (TPSA) is 41.1 Å². The number of nitrogens with one attached hydrogen (secondary N) is 2. The Balaban J connectivity index is 1.65. The summed E-state index contributed by atoms with van der Waals surface area (Å²) < 4.78 is 0. The average Bonchev–Trinajstić information content (AvgIpc) is 2.51. The van der Waals surface area contributed by atoms with Crippen molar-refractivity contribution in [3.63, 3.8) is 0 Å². The van der Waals surface area contributed by atoms with Gasteiger partial charge in [0.2, 0.25) is 5.91 Å². The van der Waals surface area contributed by atoms with Crippen molar-refractivity contribution in [3.8, 4) is 0 Å². The summed E-state index contributed by atoms with van der Waals surface area (Å²) in [6.07, 6.45) is 1.30. The predicted octanol–water partition coefficient (Wildman–Crippen LogP) is 4.46. The summed E-state index contributed by atoms with van der Waals surface area (Å²) in [5, 5.41) is 7.51. The average molecular weight is 351 g/mol. The fraction of sp³-hybridized carbons (Fsp3) is 0.278. The molecule has 0 spiro atoms. The molecule has 5 heteroatoms.